The zero-order chi connectivity index (χ0) is 17.6. The Bertz CT molecular complexity index is 587. The number of amides is 2. The number of nitrogens with one attached hydrogen (secondary N) is 2. The Kier molecular flexibility index (Phi) is 6.02. The van der Waals surface area contributed by atoms with Crippen molar-refractivity contribution < 1.29 is 27.5 Å². The van der Waals surface area contributed by atoms with Gasteiger partial charge in [0.15, 0.2) is 0 Å². The lowest BCUT2D eigenvalue weighted by molar-refractivity contribution is -0.133. The number of halogens is 3. The van der Waals surface area contributed by atoms with E-state index in [4.69, 9.17) is 4.74 Å². The van der Waals surface area contributed by atoms with Gasteiger partial charge in [0.25, 0.3) is 5.91 Å². The molecule has 1 heterocycles. The zero-order valence-corrected chi connectivity index (χ0v) is 12.9. The van der Waals surface area contributed by atoms with Crippen LogP contribution in [-0.4, -0.2) is 62.3 Å². The quantitative estimate of drug-likeness (QED) is 0.843. The van der Waals surface area contributed by atoms with Gasteiger partial charge in [-0.25, -0.2) is 0 Å². The molecule has 0 radical (unpaired) electrons. The maximum Gasteiger partial charge on any atom is 0.405 e. The van der Waals surface area contributed by atoms with E-state index in [0.29, 0.717) is 32.0 Å². The summed E-state index contributed by atoms with van der Waals surface area (Å²) in [6.45, 7) is 0.475. The predicted octanol–water partition coefficient (Wildman–Crippen LogP) is 1.25. The first-order valence-corrected chi connectivity index (χ1v) is 7.40. The highest BCUT2D eigenvalue weighted by molar-refractivity contribution is 6.00. The minimum Gasteiger partial charge on any atom is -0.378 e. The molecule has 0 unspecified atom stereocenters. The summed E-state index contributed by atoms with van der Waals surface area (Å²) < 4.78 is 41.8. The third kappa shape index (κ3) is 5.41. The largest absolute Gasteiger partial charge is 0.405 e. The third-order valence-corrected chi connectivity index (χ3v) is 3.41. The van der Waals surface area contributed by atoms with Crippen LogP contribution in [-0.2, 0) is 9.53 Å². The van der Waals surface area contributed by atoms with Crippen molar-refractivity contribution in [3.8, 4) is 0 Å². The van der Waals surface area contributed by atoms with Gasteiger partial charge >= 0.3 is 6.18 Å². The van der Waals surface area contributed by atoms with Crippen LogP contribution in [0.5, 0.6) is 0 Å². The van der Waals surface area contributed by atoms with Crippen molar-refractivity contribution in [3.63, 3.8) is 0 Å². The van der Waals surface area contributed by atoms with Crippen LogP contribution < -0.4 is 10.6 Å². The minimum atomic E-state index is -4.48. The number of ether oxygens (including phenoxy) is 1. The van der Waals surface area contributed by atoms with Crippen molar-refractivity contribution in [2.75, 3.05) is 44.7 Å². The van der Waals surface area contributed by atoms with Gasteiger partial charge in [-0.1, -0.05) is 12.1 Å². The predicted molar refractivity (Wildman–Crippen MR) is 80.7 cm³/mol. The molecule has 0 bridgehead atoms. The van der Waals surface area contributed by atoms with Gasteiger partial charge in [0.2, 0.25) is 5.91 Å². The van der Waals surface area contributed by atoms with E-state index in [9.17, 15) is 22.8 Å². The summed E-state index contributed by atoms with van der Waals surface area (Å²) in [5, 5.41) is 4.63. The zero-order valence-electron chi connectivity index (χ0n) is 12.9. The number of benzene rings is 1. The number of carbonyl (C=O) groups excluding carboxylic acids is 2. The van der Waals surface area contributed by atoms with Crippen molar-refractivity contribution in [2.45, 2.75) is 6.18 Å². The van der Waals surface area contributed by atoms with Gasteiger partial charge in [-0.3, -0.25) is 9.59 Å². The van der Waals surface area contributed by atoms with Crippen LogP contribution in [0.4, 0.5) is 18.9 Å². The number of carbonyl (C=O) groups is 2. The van der Waals surface area contributed by atoms with Crippen molar-refractivity contribution >= 4 is 17.5 Å². The minimum absolute atomic E-state index is 0.0520. The molecule has 2 rings (SSSR count). The highest BCUT2D eigenvalue weighted by atomic mass is 19.4. The molecule has 0 aliphatic carbocycles. The van der Waals surface area contributed by atoms with Crippen molar-refractivity contribution in [1.29, 1.82) is 0 Å². The maximum atomic E-state index is 12.2. The monoisotopic (exact) mass is 345 g/mol. The fourth-order valence-electron chi connectivity index (χ4n) is 2.21. The molecule has 132 valence electrons. The Morgan fingerprint density at radius 3 is 2.50 bits per heavy atom. The first-order valence-electron chi connectivity index (χ1n) is 7.40. The van der Waals surface area contributed by atoms with Crippen molar-refractivity contribution in [3.05, 3.63) is 29.8 Å². The van der Waals surface area contributed by atoms with Gasteiger partial charge < -0.3 is 20.3 Å². The summed E-state index contributed by atoms with van der Waals surface area (Å²) in [6, 6.07) is 6.10. The molecule has 2 N–H and O–H groups in total. The summed E-state index contributed by atoms with van der Waals surface area (Å²) in [7, 11) is 0. The van der Waals surface area contributed by atoms with Crippen molar-refractivity contribution in [2.24, 2.45) is 0 Å². The molecule has 0 aromatic heterocycles. The maximum absolute atomic E-state index is 12.2. The Labute approximate surface area is 137 Å². The van der Waals surface area contributed by atoms with E-state index in [0.717, 1.165) is 0 Å². The second-order valence-electron chi connectivity index (χ2n) is 5.19. The molecule has 0 atom stereocenters. The Morgan fingerprint density at radius 1 is 1.17 bits per heavy atom. The Hall–Kier alpha value is -2.29. The highest BCUT2D eigenvalue weighted by Gasteiger charge is 2.28. The highest BCUT2D eigenvalue weighted by Crippen LogP contribution is 2.17. The molecule has 1 aliphatic rings. The molecule has 24 heavy (non-hydrogen) atoms. The van der Waals surface area contributed by atoms with E-state index >= 15 is 0 Å². The van der Waals surface area contributed by atoms with Crippen LogP contribution in [0.3, 0.4) is 0 Å². The molecular weight excluding hydrogens is 327 g/mol. The first kappa shape index (κ1) is 18.1. The molecule has 1 saturated heterocycles. The van der Waals surface area contributed by atoms with Crippen LogP contribution in [0.25, 0.3) is 0 Å². The Balaban J connectivity index is 1.95. The van der Waals surface area contributed by atoms with Gasteiger partial charge in [0.1, 0.15) is 6.54 Å². The summed E-state index contributed by atoms with van der Waals surface area (Å²) >= 11 is 0. The average Bonchev–Trinajstić information content (AvgIpc) is 2.58. The first-order chi connectivity index (χ1) is 11.4. The van der Waals surface area contributed by atoms with E-state index in [1.165, 1.54) is 18.2 Å². The van der Waals surface area contributed by atoms with E-state index in [2.05, 4.69) is 5.32 Å². The van der Waals surface area contributed by atoms with Crippen LogP contribution in [0.15, 0.2) is 24.3 Å². The lowest BCUT2D eigenvalue weighted by Crippen LogP contribution is -2.43. The number of morpholine rings is 1. The smallest absolute Gasteiger partial charge is 0.378 e. The number of para-hydroxylation sites is 1. The van der Waals surface area contributed by atoms with E-state index in [-0.39, 0.29) is 18.0 Å². The standard InChI is InChI=1S/C15H18F3N3O3/c16-15(17,18)10-20-14(23)11-3-1-2-4-12(11)19-9-13(22)21-5-7-24-8-6-21/h1-4,19H,5-10H2,(H,20,23). The van der Waals surface area contributed by atoms with Gasteiger partial charge in [-0.05, 0) is 12.1 Å². The molecule has 0 saturated carbocycles. The van der Waals surface area contributed by atoms with Gasteiger partial charge in [0, 0.05) is 18.8 Å². The van der Waals surface area contributed by atoms with Crippen LogP contribution in [0.1, 0.15) is 10.4 Å². The summed E-state index contributed by atoms with van der Waals surface area (Å²) in [5.41, 5.74) is 0.357. The number of rotatable bonds is 5. The SMILES string of the molecule is O=C(NCC(F)(F)F)c1ccccc1NCC(=O)N1CCOCC1. The van der Waals surface area contributed by atoms with Crippen molar-refractivity contribution in [1.82, 2.24) is 10.2 Å². The van der Waals surface area contributed by atoms with Gasteiger partial charge in [-0.2, -0.15) is 13.2 Å². The molecule has 1 aromatic carbocycles. The number of hydrogen-bond donors (Lipinski definition) is 2. The lowest BCUT2D eigenvalue weighted by atomic mass is 10.1. The topological polar surface area (TPSA) is 70.7 Å². The lowest BCUT2D eigenvalue weighted by Gasteiger charge is -2.27. The molecule has 6 nitrogen and oxygen atoms in total. The van der Waals surface area contributed by atoms with Crippen LogP contribution >= 0.6 is 0 Å². The average molecular weight is 345 g/mol. The molecule has 1 fully saturated rings. The van der Waals surface area contributed by atoms with Gasteiger partial charge in [-0.15, -0.1) is 0 Å². The number of anilines is 1. The van der Waals surface area contributed by atoms with Gasteiger partial charge in [0.05, 0.1) is 25.3 Å². The fraction of sp³-hybridized carbons (Fsp3) is 0.467. The Morgan fingerprint density at radius 2 is 1.83 bits per heavy atom. The van der Waals surface area contributed by atoms with E-state index in [1.54, 1.807) is 11.0 Å². The van der Waals surface area contributed by atoms with E-state index in [1.807, 2.05) is 5.32 Å². The molecule has 1 aromatic rings. The summed E-state index contributed by atoms with van der Waals surface area (Å²) in [6.07, 6.45) is -4.48. The second kappa shape index (κ2) is 8.00. The number of nitrogens with zero attached hydrogens (tertiary/aromatic N) is 1. The molecule has 0 spiro atoms. The fourth-order valence-corrected chi connectivity index (χ4v) is 2.21. The summed E-state index contributed by atoms with van der Waals surface area (Å²) in [5.74, 6) is -1.02. The number of hydrogen-bond acceptors (Lipinski definition) is 4. The normalized spacial score (nSPS) is 15.0. The molecular formula is C15H18F3N3O3. The molecule has 9 heteroatoms. The van der Waals surface area contributed by atoms with Crippen LogP contribution in [0, 0.1) is 0 Å². The molecule has 1 aliphatic heterocycles. The third-order valence-electron chi connectivity index (χ3n) is 3.41. The molecule has 2 amide bonds. The summed E-state index contributed by atoms with van der Waals surface area (Å²) in [4.78, 5) is 25.6. The number of alkyl halides is 3. The van der Waals surface area contributed by atoms with E-state index < -0.39 is 18.6 Å². The second-order valence-corrected chi connectivity index (χ2v) is 5.19. The van der Waals surface area contributed by atoms with Crippen LogP contribution in [0.2, 0.25) is 0 Å².